The third-order valence-electron chi connectivity index (χ3n) is 5.77. The zero-order valence-electron chi connectivity index (χ0n) is 19.0. The number of amides is 4. The summed E-state index contributed by atoms with van der Waals surface area (Å²) in [4.78, 5) is 64.1. The van der Waals surface area contributed by atoms with Crippen LogP contribution in [0.15, 0.2) is 42.5 Å². The van der Waals surface area contributed by atoms with E-state index in [0.717, 1.165) is 22.3 Å². The van der Waals surface area contributed by atoms with Crippen LogP contribution in [-0.4, -0.2) is 54.8 Å². The molecule has 0 bridgehead atoms. The Hall–Kier alpha value is -4.41. The molecule has 35 heavy (non-hydrogen) atoms. The van der Waals surface area contributed by atoms with Crippen molar-refractivity contribution in [3.05, 3.63) is 53.6 Å². The van der Waals surface area contributed by atoms with Crippen molar-refractivity contribution < 1.29 is 38.3 Å². The number of methoxy groups -OCH3 is 1. The highest BCUT2D eigenvalue weighted by atomic mass is 16.8. The third kappa shape index (κ3) is 4.93. The summed E-state index contributed by atoms with van der Waals surface area (Å²) in [5.41, 5.74) is 4.06. The van der Waals surface area contributed by atoms with Gasteiger partial charge in [0.2, 0.25) is 5.91 Å². The van der Waals surface area contributed by atoms with Crippen LogP contribution in [0, 0.1) is 0 Å². The molecule has 4 amide bonds. The van der Waals surface area contributed by atoms with Crippen molar-refractivity contribution in [1.82, 2.24) is 10.4 Å². The summed E-state index contributed by atoms with van der Waals surface area (Å²) >= 11 is 0. The van der Waals surface area contributed by atoms with E-state index in [1.807, 2.05) is 30.3 Å². The molecule has 1 aliphatic heterocycles. The molecule has 2 aromatic rings. The lowest BCUT2D eigenvalue weighted by atomic mass is 9.97. The molecule has 4 rings (SSSR count). The van der Waals surface area contributed by atoms with E-state index in [-0.39, 0.29) is 25.4 Å². The highest BCUT2D eigenvalue weighted by Gasteiger charge is 2.35. The second kappa shape index (κ2) is 9.84. The lowest BCUT2D eigenvalue weighted by molar-refractivity contribution is -0.177. The van der Waals surface area contributed by atoms with Gasteiger partial charge in [-0.3, -0.25) is 19.2 Å². The van der Waals surface area contributed by atoms with Crippen molar-refractivity contribution in [2.24, 2.45) is 0 Å². The minimum atomic E-state index is -1.16. The van der Waals surface area contributed by atoms with Crippen LogP contribution in [0.3, 0.4) is 0 Å². The number of fused-ring (bicyclic) bond motifs is 3. The highest BCUT2D eigenvalue weighted by Crippen LogP contribution is 2.45. The number of nitrogens with zero attached hydrogens (tertiary/aromatic N) is 1. The fourth-order valence-electron chi connectivity index (χ4n) is 4.03. The Bertz CT molecular complexity index is 1200. The van der Waals surface area contributed by atoms with Gasteiger partial charge in [-0.05, 0) is 41.3 Å². The van der Waals surface area contributed by atoms with Gasteiger partial charge in [0.15, 0.2) is 0 Å². The number of benzene rings is 2. The number of alkyl carbamates (subject to hydrolysis) is 1. The summed E-state index contributed by atoms with van der Waals surface area (Å²) < 4.78 is 9.77. The van der Waals surface area contributed by atoms with Gasteiger partial charge in [-0.1, -0.05) is 35.4 Å². The number of imide groups is 1. The molecule has 0 saturated carbocycles. The summed E-state index contributed by atoms with van der Waals surface area (Å²) in [5.74, 6) is -2.01. The number of ether oxygens (including phenoxy) is 2. The average molecular weight is 481 g/mol. The number of nitrogens with one attached hydrogen (secondary N) is 2. The summed E-state index contributed by atoms with van der Waals surface area (Å²) in [5, 5.41) is 5.57. The zero-order valence-corrected chi connectivity index (χ0v) is 19.0. The number of hydroxylamine groups is 2. The predicted octanol–water partition coefficient (Wildman–Crippen LogP) is 2.70. The molecule has 0 aromatic heterocycles. The van der Waals surface area contributed by atoms with Crippen molar-refractivity contribution in [1.29, 1.82) is 0 Å². The van der Waals surface area contributed by atoms with Gasteiger partial charge in [-0.25, -0.2) is 9.59 Å². The minimum absolute atomic E-state index is 0.0161. The summed E-state index contributed by atoms with van der Waals surface area (Å²) in [6, 6.07) is 12.1. The maximum Gasteiger partial charge on any atom is 0.533 e. The molecule has 2 atom stereocenters. The number of anilines is 1. The van der Waals surface area contributed by atoms with Gasteiger partial charge < -0.3 is 20.1 Å². The van der Waals surface area contributed by atoms with Gasteiger partial charge in [0, 0.05) is 24.4 Å². The molecule has 11 nitrogen and oxygen atoms in total. The number of hydrogen-bond acceptors (Lipinski definition) is 8. The lowest BCUT2D eigenvalue weighted by Crippen LogP contribution is -2.41. The maximum absolute atomic E-state index is 12.5. The van der Waals surface area contributed by atoms with Crippen LogP contribution in [0.2, 0.25) is 0 Å². The second-order valence-corrected chi connectivity index (χ2v) is 8.02. The van der Waals surface area contributed by atoms with Crippen LogP contribution in [-0.2, 0) is 28.7 Å². The monoisotopic (exact) mass is 481 g/mol. The molecule has 1 heterocycles. The smallest absolute Gasteiger partial charge is 0.453 e. The first-order valence-electron chi connectivity index (χ1n) is 10.9. The van der Waals surface area contributed by atoms with Gasteiger partial charge in [0.25, 0.3) is 11.8 Å². The fourth-order valence-corrected chi connectivity index (χ4v) is 4.03. The Morgan fingerprint density at radius 2 is 1.71 bits per heavy atom. The SMILES string of the molecule is COC(=O)NC(C)C(=O)Nc1ccc2c(c1)C(COC(=O)ON1C(=O)CCC1=O)c1ccccc1-2. The fraction of sp³-hybridized carbons (Fsp3) is 0.292. The number of hydrogen-bond donors (Lipinski definition) is 2. The largest absolute Gasteiger partial charge is 0.533 e. The topological polar surface area (TPSA) is 140 Å². The summed E-state index contributed by atoms with van der Waals surface area (Å²) in [6.07, 6.45) is -1.92. The van der Waals surface area contributed by atoms with Gasteiger partial charge in [0.1, 0.15) is 12.6 Å². The molecule has 2 unspecified atom stereocenters. The Morgan fingerprint density at radius 1 is 1.03 bits per heavy atom. The van der Waals surface area contributed by atoms with Crippen LogP contribution >= 0.6 is 0 Å². The van der Waals surface area contributed by atoms with Crippen LogP contribution in [0.1, 0.15) is 36.8 Å². The minimum Gasteiger partial charge on any atom is -0.453 e. The van der Waals surface area contributed by atoms with E-state index in [4.69, 9.17) is 9.57 Å². The van der Waals surface area contributed by atoms with Crippen molar-refractivity contribution in [3.8, 4) is 11.1 Å². The first-order chi connectivity index (χ1) is 16.8. The Labute approximate surface area is 200 Å². The van der Waals surface area contributed by atoms with Crippen molar-refractivity contribution >= 4 is 35.7 Å². The van der Waals surface area contributed by atoms with E-state index in [1.54, 1.807) is 12.1 Å². The van der Waals surface area contributed by atoms with E-state index in [9.17, 15) is 24.0 Å². The summed E-state index contributed by atoms with van der Waals surface area (Å²) in [6.45, 7) is 1.41. The molecule has 1 aliphatic carbocycles. The molecule has 0 radical (unpaired) electrons. The molecule has 0 spiro atoms. The van der Waals surface area contributed by atoms with Crippen molar-refractivity contribution in [3.63, 3.8) is 0 Å². The molecule has 1 saturated heterocycles. The third-order valence-corrected chi connectivity index (χ3v) is 5.77. The standard InChI is InChI=1S/C24H23N3O8/c1-13(25-23(31)33-2)22(30)26-14-7-8-17-15-5-3-4-6-16(15)19(18(17)11-14)12-34-24(32)35-27-20(28)9-10-21(27)29/h3-8,11,13,19H,9-10,12H2,1-2H3,(H,25,31)(H,26,30). The molecule has 1 fully saturated rings. The second-order valence-electron chi connectivity index (χ2n) is 8.02. The van der Waals surface area contributed by atoms with Crippen LogP contribution in [0.4, 0.5) is 15.3 Å². The number of carbonyl (C=O) groups excluding carboxylic acids is 5. The van der Waals surface area contributed by atoms with E-state index < -0.39 is 36.0 Å². The normalized spacial score (nSPS) is 16.7. The molecule has 182 valence electrons. The molecular weight excluding hydrogens is 458 g/mol. The Morgan fingerprint density at radius 3 is 2.43 bits per heavy atom. The Kier molecular flexibility index (Phi) is 6.67. The van der Waals surface area contributed by atoms with Crippen LogP contribution in [0.25, 0.3) is 11.1 Å². The maximum atomic E-state index is 12.5. The molecule has 2 aromatic carbocycles. The highest BCUT2D eigenvalue weighted by molar-refractivity contribution is 6.01. The van der Waals surface area contributed by atoms with Gasteiger partial charge in [-0.15, -0.1) is 0 Å². The number of carbonyl (C=O) groups is 5. The first kappa shape index (κ1) is 23.7. The van der Waals surface area contributed by atoms with E-state index in [2.05, 4.69) is 15.4 Å². The molecule has 11 heteroatoms. The lowest BCUT2D eigenvalue weighted by Gasteiger charge is -2.17. The van der Waals surface area contributed by atoms with Gasteiger partial charge in [-0.2, -0.15) is 0 Å². The Balaban J connectivity index is 1.49. The first-order valence-corrected chi connectivity index (χ1v) is 10.9. The average Bonchev–Trinajstić information content (AvgIpc) is 3.33. The molecular formula is C24H23N3O8. The van der Waals surface area contributed by atoms with Gasteiger partial charge in [0.05, 0.1) is 7.11 Å². The predicted molar refractivity (Wildman–Crippen MR) is 121 cm³/mol. The van der Waals surface area contributed by atoms with Crippen molar-refractivity contribution in [2.45, 2.75) is 31.7 Å². The van der Waals surface area contributed by atoms with E-state index >= 15 is 0 Å². The van der Waals surface area contributed by atoms with Gasteiger partial charge >= 0.3 is 12.2 Å². The van der Waals surface area contributed by atoms with E-state index in [0.29, 0.717) is 10.8 Å². The van der Waals surface area contributed by atoms with Crippen LogP contribution < -0.4 is 10.6 Å². The number of rotatable bonds is 6. The van der Waals surface area contributed by atoms with Crippen molar-refractivity contribution in [2.75, 3.05) is 19.0 Å². The van der Waals surface area contributed by atoms with E-state index in [1.165, 1.54) is 14.0 Å². The quantitative estimate of drug-likeness (QED) is 0.474. The summed E-state index contributed by atoms with van der Waals surface area (Å²) in [7, 11) is 1.21. The van der Waals surface area contributed by atoms with Crippen LogP contribution in [0.5, 0.6) is 0 Å². The zero-order chi connectivity index (χ0) is 25.1. The molecule has 2 aliphatic rings. The molecule has 2 N–H and O–H groups in total.